The Hall–Kier alpha value is -1.11. The van der Waals surface area contributed by atoms with E-state index < -0.39 is 0 Å². The Morgan fingerprint density at radius 1 is 1.26 bits per heavy atom. The minimum absolute atomic E-state index is 0.0205. The molecule has 0 aliphatic carbocycles. The highest BCUT2D eigenvalue weighted by Crippen LogP contribution is 2.22. The fraction of sp³-hybridized carbons (Fsp3) is 0.429. The second-order valence-electron chi connectivity index (χ2n) is 5.08. The van der Waals surface area contributed by atoms with Crippen molar-refractivity contribution in [1.82, 2.24) is 4.90 Å². The van der Waals surface area contributed by atoms with Crippen molar-refractivity contribution in [2.45, 2.75) is 19.8 Å². The van der Waals surface area contributed by atoms with Gasteiger partial charge in [0, 0.05) is 18.7 Å². The van der Waals surface area contributed by atoms with E-state index in [4.69, 9.17) is 0 Å². The fourth-order valence-corrected chi connectivity index (χ4v) is 2.41. The first-order valence-corrected chi connectivity index (χ1v) is 7.12. The number of benzene rings is 1. The number of carbonyl (C=O) groups is 2. The lowest BCUT2D eigenvalue weighted by Gasteiger charge is -2.37. The molecule has 0 bridgehead atoms. The highest BCUT2D eigenvalue weighted by Gasteiger charge is 2.36. The predicted molar refractivity (Wildman–Crippen MR) is 80.0 cm³/mol. The molecule has 102 valence electrons. The molecule has 5 heteroatoms. The molecule has 1 heterocycles. The summed E-state index contributed by atoms with van der Waals surface area (Å²) < 4.78 is 4.62. The van der Waals surface area contributed by atoms with Gasteiger partial charge in [0.05, 0.1) is 5.92 Å². The number of hydrogen-bond acceptors (Lipinski definition) is 3. The van der Waals surface area contributed by atoms with Gasteiger partial charge >= 0.3 is 5.97 Å². The average Bonchev–Trinajstić information content (AvgIpc) is 2.36. The fourth-order valence-electron chi connectivity index (χ4n) is 2.05. The Morgan fingerprint density at radius 3 is 2.32 bits per heavy atom. The Kier molecular flexibility index (Phi) is 4.44. The highest BCUT2D eigenvalue weighted by atomic mass is 127. The number of nitrogens with zero attached hydrogens (tertiary/aromatic N) is 1. The lowest BCUT2D eigenvalue weighted by molar-refractivity contribution is -0.140. The summed E-state index contributed by atoms with van der Waals surface area (Å²) in [6.45, 7) is 5.14. The molecular weight excluding hydrogens is 357 g/mol. The molecule has 2 rings (SSSR count). The van der Waals surface area contributed by atoms with E-state index in [-0.39, 0.29) is 17.8 Å². The summed E-state index contributed by atoms with van der Waals surface area (Å²) in [5, 5.41) is 0. The second kappa shape index (κ2) is 5.90. The second-order valence-corrected chi connectivity index (χ2v) is 5.52. The minimum atomic E-state index is -0.250. The van der Waals surface area contributed by atoms with Gasteiger partial charge in [0.2, 0.25) is 0 Å². The van der Waals surface area contributed by atoms with Gasteiger partial charge in [-0.15, -0.1) is 0 Å². The van der Waals surface area contributed by atoms with Crippen molar-refractivity contribution in [3.8, 4) is 0 Å². The number of carbonyl (C=O) groups excluding carboxylic acids is 2. The van der Waals surface area contributed by atoms with Crippen LogP contribution in [0.5, 0.6) is 0 Å². The van der Waals surface area contributed by atoms with Gasteiger partial charge in [-0.1, -0.05) is 26.0 Å². The molecule has 19 heavy (non-hydrogen) atoms. The number of amides is 1. The zero-order valence-electron chi connectivity index (χ0n) is 10.9. The van der Waals surface area contributed by atoms with E-state index in [1.807, 2.05) is 24.3 Å². The zero-order chi connectivity index (χ0) is 14.0. The summed E-state index contributed by atoms with van der Waals surface area (Å²) in [7, 11) is 0. The average molecular weight is 373 g/mol. The summed E-state index contributed by atoms with van der Waals surface area (Å²) in [5.41, 5.74) is 1.89. The SMILES string of the molecule is CC(C)c1ccc(C(=O)N2CC(C(=O)OI)C2)cc1. The number of halogens is 1. The van der Waals surface area contributed by atoms with Crippen LogP contribution in [0.2, 0.25) is 0 Å². The first-order valence-electron chi connectivity index (χ1n) is 6.24. The molecule has 1 aromatic rings. The largest absolute Gasteiger partial charge is 0.394 e. The predicted octanol–water partition coefficient (Wildman–Crippen LogP) is 2.78. The number of likely N-dealkylation sites (tertiary alicyclic amines) is 1. The first kappa shape index (κ1) is 14.3. The third-order valence-corrected chi connectivity index (χ3v) is 3.84. The molecule has 0 N–H and O–H groups in total. The molecule has 0 atom stereocenters. The van der Waals surface area contributed by atoms with Crippen molar-refractivity contribution in [3.05, 3.63) is 35.4 Å². The summed E-state index contributed by atoms with van der Waals surface area (Å²) in [6, 6.07) is 7.66. The van der Waals surface area contributed by atoms with Gasteiger partial charge in [-0.3, -0.25) is 9.59 Å². The third-order valence-electron chi connectivity index (χ3n) is 3.40. The quantitative estimate of drug-likeness (QED) is 0.766. The van der Waals surface area contributed by atoms with Gasteiger partial charge in [-0.25, -0.2) is 0 Å². The van der Waals surface area contributed by atoms with E-state index in [0.717, 1.165) is 0 Å². The molecule has 0 radical (unpaired) electrons. The first-order chi connectivity index (χ1) is 9.02. The maximum atomic E-state index is 12.1. The molecule has 1 aromatic carbocycles. The molecule has 1 aliphatic rings. The lowest BCUT2D eigenvalue weighted by Crippen LogP contribution is -2.53. The van der Waals surface area contributed by atoms with Gasteiger partial charge < -0.3 is 7.97 Å². The minimum Gasteiger partial charge on any atom is -0.394 e. The molecule has 1 saturated heterocycles. The lowest BCUT2D eigenvalue weighted by atomic mass is 9.97. The van der Waals surface area contributed by atoms with Gasteiger partial charge in [0.1, 0.15) is 0 Å². The normalized spacial score (nSPS) is 15.3. The van der Waals surface area contributed by atoms with E-state index in [9.17, 15) is 9.59 Å². The van der Waals surface area contributed by atoms with Gasteiger partial charge in [-0.2, -0.15) is 0 Å². The summed E-state index contributed by atoms with van der Waals surface area (Å²) in [5.74, 6) is 0.0133. The Labute approximate surface area is 126 Å². The monoisotopic (exact) mass is 373 g/mol. The molecule has 1 fully saturated rings. The highest BCUT2D eigenvalue weighted by molar-refractivity contribution is 14.1. The standard InChI is InChI=1S/C14H16INO3/c1-9(2)10-3-5-11(6-4-10)13(17)16-7-12(8-16)14(18)19-15/h3-6,9,12H,7-8H2,1-2H3. The molecule has 0 unspecified atom stereocenters. The zero-order valence-corrected chi connectivity index (χ0v) is 13.1. The maximum absolute atomic E-state index is 12.1. The topological polar surface area (TPSA) is 46.6 Å². The molecular formula is C14H16INO3. The molecule has 1 amide bonds. The van der Waals surface area contributed by atoms with Crippen molar-refractivity contribution < 1.29 is 12.7 Å². The van der Waals surface area contributed by atoms with Crippen molar-refractivity contribution in [2.75, 3.05) is 13.1 Å². The smallest absolute Gasteiger partial charge is 0.321 e. The van der Waals surface area contributed by atoms with Crippen molar-refractivity contribution in [2.24, 2.45) is 5.92 Å². The van der Waals surface area contributed by atoms with E-state index >= 15 is 0 Å². The molecule has 4 nitrogen and oxygen atoms in total. The van der Waals surface area contributed by atoms with Crippen LogP contribution in [0.25, 0.3) is 0 Å². The Bertz CT molecular complexity index is 478. The Balaban J connectivity index is 1.96. The van der Waals surface area contributed by atoms with E-state index in [2.05, 4.69) is 16.9 Å². The van der Waals surface area contributed by atoms with Crippen LogP contribution in [-0.4, -0.2) is 29.9 Å². The molecule has 0 saturated carbocycles. The van der Waals surface area contributed by atoms with Crippen LogP contribution >= 0.6 is 23.0 Å². The van der Waals surface area contributed by atoms with E-state index in [0.29, 0.717) is 24.6 Å². The van der Waals surface area contributed by atoms with Gasteiger partial charge in [0.25, 0.3) is 5.91 Å². The summed E-state index contributed by atoms with van der Waals surface area (Å²) in [6.07, 6.45) is 0. The number of hydrogen-bond donors (Lipinski definition) is 0. The Morgan fingerprint density at radius 2 is 1.84 bits per heavy atom. The van der Waals surface area contributed by atoms with E-state index in [1.54, 1.807) is 27.9 Å². The molecule has 0 aromatic heterocycles. The summed E-state index contributed by atoms with van der Waals surface area (Å²) >= 11 is 1.58. The third kappa shape index (κ3) is 3.08. The van der Waals surface area contributed by atoms with Crippen LogP contribution in [0.15, 0.2) is 24.3 Å². The van der Waals surface area contributed by atoms with Gasteiger partial charge in [-0.05, 0) is 23.6 Å². The summed E-state index contributed by atoms with van der Waals surface area (Å²) in [4.78, 5) is 25.1. The number of rotatable bonds is 3. The van der Waals surface area contributed by atoms with Crippen molar-refractivity contribution >= 4 is 34.9 Å². The van der Waals surface area contributed by atoms with Gasteiger partial charge in [0.15, 0.2) is 23.0 Å². The molecule has 1 aliphatic heterocycles. The van der Waals surface area contributed by atoms with Crippen LogP contribution in [0, 0.1) is 5.92 Å². The van der Waals surface area contributed by atoms with Crippen LogP contribution in [0.3, 0.4) is 0 Å². The van der Waals surface area contributed by atoms with Crippen LogP contribution in [-0.2, 0) is 7.86 Å². The maximum Gasteiger partial charge on any atom is 0.321 e. The molecule has 0 spiro atoms. The van der Waals surface area contributed by atoms with Crippen molar-refractivity contribution in [3.63, 3.8) is 0 Å². The van der Waals surface area contributed by atoms with Crippen LogP contribution in [0.1, 0.15) is 35.7 Å². The van der Waals surface area contributed by atoms with E-state index in [1.165, 1.54) is 5.56 Å². The van der Waals surface area contributed by atoms with Crippen LogP contribution < -0.4 is 0 Å². The van der Waals surface area contributed by atoms with Crippen LogP contribution in [0.4, 0.5) is 0 Å². The van der Waals surface area contributed by atoms with Crippen molar-refractivity contribution in [1.29, 1.82) is 0 Å².